The summed E-state index contributed by atoms with van der Waals surface area (Å²) in [6.07, 6.45) is 0. The van der Waals surface area contributed by atoms with Crippen LogP contribution in [0.2, 0.25) is 0 Å². The molecule has 0 spiro atoms. The summed E-state index contributed by atoms with van der Waals surface area (Å²) in [5.74, 6) is 0.635. The van der Waals surface area contributed by atoms with Crippen molar-refractivity contribution in [1.82, 2.24) is 5.32 Å². The van der Waals surface area contributed by atoms with E-state index in [0.29, 0.717) is 6.54 Å². The highest BCUT2D eigenvalue weighted by atomic mass is 19.1. The van der Waals surface area contributed by atoms with Gasteiger partial charge in [0.1, 0.15) is 11.6 Å². The minimum absolute atomic E-state index is 0.221. The van der Waals surface area contributed by atoms with E-state index in [-0.39, 0.29) is 5.82 Å². The average molecular weight is 273 g/mol. The van der Waals surface area contributed by atoms with Crippen LogP contribution in [0.5, 0.6) is 5.75 Å². The SMILES string of the molecule is CNCc1cc(F)ccc1-c1ccc(C)c(C)c1OC. The lowest BCUT2D eigenvalue weighted by Crippen LogP contribution is -2.07. The predicted octanol–water partition coefficient (Wildman–Crippen LogP) is 3.84. The van der Waals surface area contributed by atoms with E-state index in [2.05, 4.69) is 18.3 Å². The van der Waals surface area contributed by atoms with Crippen LogP contribution in [0.4, 0.5) is 4.39 Å². The number of nitrogens with one attached hydrogen (secondary N) is 1. The van der Waals surface area contributed by atoms with Crippen LogP contribution in [0.15, 0.2) is 30.3 Å². The third kappa shape index (κ3) is 2.68. The quantitative estimate of drug-likeness (QED) is 0.914. The van der Waals surface area contributed by atoms with Crippen LogP contribution in [-0.2, 0) is 6.54 Å². The van der Waals surface area contributed by atoms with Crippen LogP contribution >= 0.6 is 0 Å². The number of hydrogen-bond acceptors (Lipinski definition) is 2. The number of ether oxygens (including phenoxy) is 1. The van der Waals surface area contributed by atoms with Crippen molar-refractivity contribution in [2.75, 3.05) is 14.2 Å². The second-order valence-electron chi connectivity index (χ2n) is 4.92. The van der Waals surface area contributed by atoms with Gasteiger partial charge in [-0.3, -0.25) is 0 Å². The Labute approximate surface area is 119 Å². The molecule has 3 heteroatoms. The van der Waals surface area contributed by atoms with Gasteiger partial charge in [0.05, 0.1) is 7.11 Å². The molecule has 2 aromatic carbocycles. The third-order valence-electron chi connectivity index (χ3n) is 3.61. The molecule has 0 saturated heterocycles. The van der Waals surface area contributed by atoms with E-state index < -0.39 is 0 Å². The van der Waals surface area contributed by atoms with E-state index in [1.54, 1.807) is 13.2 Å². The normalized spacial score (nSPS) is 10.7. The number of methoxy groups -OCH3 is 1. The monoisotopic (exact) mass is 273 g/mol. The fraction of sp³-hybridized carbons (Fsp3) is 0.294. The van der Waals surface area contributed by atoms with Crippen molar-refractivity contribution in [3.05, 3.63) is 52.8 Å². The summed E-state index contributed by atoms with van der Waals surface area (Å²) in [6.45, 7) is 4.71. The van der Waals surface area contributed by atoms with E-state index in [1.165, 1.54) is 11.6 Å². The lowest BCUT2D eigenvalue weighted by molar-refractivity contribution is 0.413. The standard InChI is InChI=1S/C17H20FNO/c1-11-5-7-16(17(20-4)12(11)2)15-8-6-14(18)9-13(15)10-19-3/h5-9,19H,10H2,1-4H3. The zero-order valence-corrected chi connectivity index (χ0v) is 12.4. The van der Waals surface area contributed by atoms with Gasteiger partial charge in [-0.2, -0.15) is 0 Å². The molecule has 0 heterocycles. The Morgan fingerprint density at radius 1 is 1.10 bits per heavy atom. The summed E-state index contributed by atoms with van der Waals surface area (Å²) in [5.41, 5.74) is 5.23. The summed E-state index contributed by atoms with van der Waals surface area (Å²) in [6, 6.07) is 8.98. The van der Waals surface area contributed by atoms with E-state index in [0.717, 1.165) is 28.0 Å². The van der Waals surface area contributed by atoms with Gasteiger partial charge >= 0.3 is 0 Å². The highest BCUT2D eigenvalue weighted by Gasteiger charge is 2.14. The second-order valence-corrected chi connectivity index (χ2v) is 4.92. The van der Waals surface area contributed by atoms with Gasteiger partial charge in [-0.15, -0.1) is 0 Å². The summed E-state index contributed by atoms with van der Waals surface area (Å²) >= 11 is 0. The minimum atomic E-state index is -0.221. The third-order valence-corrected chi connectivity index (χ3v) is 3.61. The molecule has 20 heavy (non-hydrogen) atoms. The molecular weight excluding hydrogens is 253 g/mol. The van der Waals surface area contributed by atoms with Crippen molar-refractivity contribution in [1.29, 1.82) is 0 Å². The highest BCUT2D eigenvalue weighted by molar-refractivity contribution is 5.75. The van der Waals surface area contributed by atoms with Crippen LogP contribution in [0, 0.1) is 19.7 Å². The first-order valence-corrected chi connectivity index (χ1v) is 6.66. The first-order chi connectivity index (χ1) is 9.58. The van der Waals surface area contributed by atoms with Crippen LogP contribution in [-0.4, -0.2) is 14.2 Å². The number of hydrogen-bond donors (Lipinski definition) is 1. The average Bonchev–Trinajstić information content (AvgIpc) is 2.43. The van der Waals surface area contributed by atoms with E-state index in [9.17, 15) is 4.39 Å². The van der Waals surface area contributed by atoms with Crippen molar-refractivity contribution < 1.29 is 9.13 Å². The van der Waals surface area contributed by atoms with Gasteiger partial charge in [0.2, 0.25) is 0 Å². The molecule has 0 bridgehead atoms. The molecule has 1 N–H and O–H groups in total. The summed E-state index contributed by atoms with van der Waals surface area (Å²) in [4.78, 5) is 0. The number of aryl methyl sites for hydroxylation is 1. The summed E-state index contributed by atoms with van der Waals surface area (Å²) in [5, 5.41) is 3.08. The Morgan fingerprint density at radius 3 is 2.45 bits per heavy atom. The van der Waals surface area contributed by atoms with Crippen molar-refractivity contribution in [3.8, 4) is 16.9 Å². The van der Waals surface area contributed by atoms with Gasteiger partial charge in [-0.05, 0) is 55.3 Å². The van der Waals surface area contributed by atoms with Crippen LogP contribution < -0.4 is 10.1 Å². The van der Waals surface area contributed by atoms with Crippen LogP contribution in [0.1, 0.15) is 16.7 Å². The zero-order valence-electron chi connectivity index (χ0n) is 12.4. The van der Waals surface area contributed by atoms with Crippen LogP contribution in [0.25, 0.3) is 11.1 Å². The Balaban J connectivity index is 2.65. The molecule has 0 aliphatic rings. The first kappa shape index (κ1) is 14.5. The van der Waals surface area contributed by atoms with Gasteiger partial charge in [0.25, 0.3) is 0 Å². The number of rotatable bonds is 4. The van der Waals surface area contributed by atoms with Crippen molar-refractivity contribution in [3.63, 3.8) is 0 Å². The van der Waals surface area contributed by atoms with Gasteiger partial charge in [-0.1, -0.05) is 18.2 Å². The maximum atomic E-state index is 13.5. The minimum Gasteiger partial charge on any atom is -0.496 e. The molecule has 0 saturated carbocycles. The Morgan fingerprint density at radius 2 is 1.80 bits per heavy atom. The predicted molar refractivity (Wildman–Crippen MR) is 80.6 cm³/mol. The molecule has 0 radical (unpaired) electrons. The second kappa shape index (κ2) is 6.06. The van der Waals surface area contributed by atoms with Gasteiger partial charge < -0.3 is 10.1 Å². The zero-order chi connectivity index (χ0) is 14.7. The highest BCUT2D eigenvalue weighted by Crippen LogP contribution is 2.36. The molecule has 2 rings (SSSR count). The molecule has 0 fully saturated rings. The Kier molecular flexibility index (Phi) is 4.40. The van der Waals surface area contributed by atoms with E-state index in [1.807, 2.05) is 26.1 Å². The Hall–Kier alpha value is -1.87. The molecule has 106 valence electrons. The van der Waals surface area contributed by atoms with Crippen molar-refractivity contribution >= 4 is 0 Å². The van der Waals surface area contributed by atoms with Gasteiger partial charge in [-0.25, -0.2) is 4.39 Å². The smallest absolute Gasteiger partial charge is 0.129 e. The lowest BCUT2D eigenvalue weighted by Gasteiger charge is -2.16. The fourth-order valence-corrected chi connectivity index (χ4v) is 2.43. The molecule has 0 amide bonds. The van der Waals surface area contributed by atoms with E-state index >= 15 is 0 Å². The molecule has 2 nitrogen and oxygen atoms in total. The molecule has 0 aliphatic carbocycles. The van der Waals surface area contributed by atoms with Crippen LogP contribution in [0.3, 0.4) is 0 Å². The molecule has 0 aliphatic heterocycles. The first-order valence-electron chi connectivity index (χ1n) is 6.66. The van der Waals surface area contributed by atoms with Crippen molar-refractivity contribution in [2.45, 2.75) is 20.4 Å². The molecule has 0 unspecified atom stereocenters. The summed E-state index contributed by atoms with van der Waals surface area (Å²) < 4.78 is 19.0. The molecular formula is C17H20FNO. The Bertz CT molecular complexity index is 623. The largest absolute Gasteiger partial charge is 0.496 e. The fourth-order valence-electron chi connectivity index (χ4n) is 2.43. The maximum absolute atomic E-state index is 13.5. The topological polar surface area (TPSA) is 21.3 Å². The van der Waals surface area contributed by atoms with Gasteiger partial charge in [0, 0.05) is 12.1 Å². The van der Waals surface area contributed by atoms with Crippen molar-refractivity contribution in [2.24, 2.45) is 0 Å². The maximum Gasteiger partial charge on any atom is 0.129 e. The van der Waals surface area contributed by atoms with E-state index in [4.69, 9.17) is 4.74 Å². The van der Waals surface area contributed by atoms with Gasteiger partial charge in [0.15, 0.2) is 0 Å². The molecule has 2 aromatic rings. The molecule has 0 atom stereocenters. The summed E-state index contributed by atoms with van der Waals surface area (Å²) in [7, 11) is 3.53. The lowest BCUT2D eigenvalue weighted by atomic mass is 9.95. The number of benzene rings is 2. The number of halogens is 1. The molecule has 0 aromatic heterocycles.